The average Bonchev–Trinajstić information content (AvgIpc) is 2.69. The number of nitrogens with one attached hydrogen (secondary N) is 1. The standard InChI is InChI=1S/C12H18N2/c1-10-7-11(13-2)9-12(8-10)14-5-3-4-6-14/h7-9,13H,3-6H2,1-2H3. The second kappa shape index (κ2) is 3.91. The summed E-state index contributed by atoms with van der Waals surface area (Å²) in [4.78, 5) is 2.47. The molecule has 2 rings (SSSR count). The van der Waals surface area contributed by atoms with Crippen LogP contribution in [0.25, 0.3) is 0 Å². The van der Waals surface area contributed by atoms with E-state index in [2.05, 4.69) is 35.3 Å². The zero-order valence-corrected chi connectivity index (χ0v) is 9.01. The van der Waals surface area contributed by atoms with Gasteiger partial charge < -0.3 is 10.2 Å². The van der Waals surface area contributed by atoms with Gasteiger partial charge in [0.25, 0.3) is 0 Å². The summed E-state index contributed by atoms with van der Waals surface area (Å²) in [6, 6.07) is 6.68. The van der Waals surface area contributed by atoms with Gasteiger partial charge in [-0.1, -0.05) is 0 Å². The van der Waals surface area contributed by atoms with E-state index in [1.807, 2.05) is 7.05 Å². The largest absolute Gasteiger partial charge is 0.388 e. The lowest BCUT2D eigenvalue weighted by Gasteiger charge is -2.19. The van der Waals surface area contributed by atoms with Crippen LogP contribution in [-0.2, 0) is 0 Å². The van der Waals surface area contributed by atoms with Gasteiger partial charge in [-0.25, -0.2) is 0 Å². The van der Waals surface area contributed by atoms with Crippen LogP contribution in [0, 0.1) is 6.92 Å². The summed E-state index contributed by atoms with van der Waals surface area (Å²) in [5.41, 5.74) is 3.91. The fraction of sp³-hybridized carbons (Fsp3) is 0.500. The summed E-state index contributed by atoms with van der Waals surface area (Å²) in [6.45, 7) is 4.58. The molecular weight excluding hydrogens is 172 g/mol. The molecule has 0 aliphatic carbocycles. The highest BCUT2D eigenvalue weighted by Crippen LogP contribution is 2.24. The highest BCUT2D eigenvalue weighted by Gasteiger charge is 2.12. The minimum absolute atomic E-state index is 1.21. The molecule has 0 saturated carbocycles. The first-order valence-electron chi connectivity index (χ1n) is 5.34. The molecule has 1 saturated heterocycles. The van der Waals surface area contributed by atoms with Crippen molar-refractivity contribution in [3.63, 3.8) is 0 Å². The second-order valence-corrected chi connectivity index (χ2v) is 4.00. The zero-order chi connectivity index (χ0) is 9.97. The first-order chi connectivity index (χ1) is 6.79. The highest BCUT2D eigenvalue weighted by atomic mass is 15.1. The average molecular weight is 190 g/mol. The Hall–Kier alpha value is -1.18. The molecule has 14 heavy (non-hydrogen) atoms. The molecule has 2 nitrogen and oxygen atoms in total. The Labute approximate surface area is 85.9 Å². The van der Waals surface area contributed by atoms with Crippen LogP contribution in [0.1, 0.15) is 18.4 Å². The van der Waals surface area contributed by atoms with Crippen LogP contribution in [-0.4, -0.2) is 20.1 Å². The molecule has 1 fully saturated rings. The molecule has 0 radical (unpaired) electrons. The van der Waals surface area contributed by atoms with Crippen molar-refractivity contribution >= 4 is 11.4 Å². The van der Waals surface area contributed by atoms with Crippen LogP contribution in [0.2, 0.25) is 0 Å². The van der Waals surface area contributed by atoms with Gasteiger partial charge >= 0.3 is 0 Å². The first kappa shape index (κ1) is 9.38. The minimum Gasteiger partial charge on any atom is -0.388 e. The predicted molar refractivity (Wildman–Crippen MR) is 62.2 cm³/mol. The third-order valence-corrected chi connectivity index (χ3v) is 2.82. The van der Waals surface area contributed by atoms with E-state index in [1.54, 1.807) is 0 Å². The highest BCUT2D eigenvalue weighted by molar-refractivity contribution is 5.60. The number of aryl methyl sites for hydroxylation is 1. The normalized spacial score (nSPS) is 16.0. The molecule has 0 atom stereocenters. The van der Waals surface area contributed by atoms with Crippen LogP contribution < -0.4 is 10.2 Å². The molecule has 0 aromatic heterocycles. The fourth-order valence-electron chi connectivity index (χ4n) is 2.07. The molecule has 0 unspecified atom stereocenters. The third-order valence-electron chi connectivity index (χ3n) is 2.82. The van der Waals surface area contributed by atoms with Crippen molar-refractivity contribution in [1.29, 1.82) is 0 Å². The number of hydrogen-bond donors (Lipinski definition) is 1. The van der Waals surface area contributed by atoms with E-state index in [9.17, 15) is 0 Å². The third kappa shape index (κ3) is 1.84. The number of hydrogen-bond acceptors (Lipinski definition) is 2. The van der Waals surface area contributed by atoms with E-state index in [0.29, 0.717) is 0 Å². The maximum atomic E-state index is 3.20. The summed E-state index contributed by atoms with van der Waals surface area (Å²) in [5.74, 6) is 0. The molecule has 76 valence electrons. The van der Waals surface area contributed by atoms with Crippen LogP contribution in [0.15, 0.2) is 18.2 Å². The van der Waals surface area contributed by atoms with Crippen molar-refractivity contribution in [3.05, 3.63) is 23.8 Å². The zero-order valence-electron chi connectivity index (χ0n) is 9.01. The van der Waals surface area contributed by atoms with Crippen LogP contribution in [0.3, 0.4) is 0 Å². The van der Waals surface area contributed by atoms with Crippen molar-refractivity contribution in [1.82, 2.24) is 0 Å². The monoisotopic (exact) mass is 190 g/mol. The Morgan fingerprint density at radius 3 is 2.50 bits per heavy atom. The molecular formula is C12H18N2. The number of nitrogens with zero attached hydrogens (tertiary/aromatic N) is 1. The predicted octanol–water partition coefficient (Wildman–Crippen LogP) is 2.64. The topological polar surface area (TPSA) is 15.3 Å². The molecule has 1 heterocycles. The van der Waals surface area contributed by atoms with E-state index >= 15 is 0 Å². The SMILES string of the molecule is CNc1cc(C)cc(N2CCCC2)c1. The van der Waals surface area contributed by atoms with Crippen molar-refractivity contribution < 1.29 is 0 Å². The van der Waals surface area contributed by atoms with E-state index in [0.717, 1.165) is 0 Å². The quantitative estimate of drug-likeness (QED) is 0.771. The Morgan fingerprint density at radius 2 is 1.86 bits per heavy atom. The smallest absolute Gasteiger partial charge is 0.0389 e. The molecule has 0 bridgehead atoms. The number of benzene rings is 1. The molecule has 1 N–H and O–H groups in total. The summed E-state index contributed by atoms with van der Waals surface area (Å²) in [6.07, 6.45) is 2.67. The summed E-state index contributed by atoms with van der Waals surface area (Å²) < 4.78 is 0. The van der Waals surface area contributed by atoms with Gasteiger partial charge in [0.15, 0.2) is 0 Å². The van der Waals surface area contributed by atoms with Gasteiger partial charge in [-0.2, -0.15) is 0 Å². The van der Waals surface area contributed by atoms with Crippen LogP contribution >= 0.6 is 0 Å². The Bertz CT molecular complexity index is 314. The van der Waals surface area contributed by atoms with Gasteiger partial charge in [-0.3, -0.25) is 0 Å². The van der Waals surface area contributed by atoms with E-state index < -0.39 is 0 Å². The lowest BCUT2D eigenvalue weighted by Crippen LogP contribution is -2.17. The molecule has 1 aliphatic rings. The van der Waals surface area contributed by atoms with Gasteiger partial charge in [0, 0.05) is 31.5 Å². The second-order valence-electron chi connectivity index (χ2n) is 4.00. The summed E-state index contributed by atoms with van der Waals surface area (Å²) in [5, 5.41) is 3.20. The molecule has 1 aromatic rings. The summed E-state index contributed by atoms with van der Waals surface area (Å²) >= 11 is 0. The number of rotatable bonds is 2. The van der Waals surface area contributed by atoms with Crippen molar-refractivity contribution in [2.24, 2.45) is 0 Å². The lowest BCUT2D eigenvalue weighted by atomic mass is 10.2. The van der Waals surface area contributed by atoms with Crippen molar-refractivity contribution in [3.8, 4) is 0 Å². The molecule has 1 aliphatic heterocycles. The summed E-state index contributed by atoms with van der Waals surface area (Å²) in [7, 11) is 1.97. The molecule has 1 aromatic carbocycles. The lowest BCUT2D eigenvalue weighted by molar-refractivity contribution is 0.949. The Balaban J connectivity index is 2.27. The molecule has 0 spiro atoms. The van der Waals surface area contributed by atoms with Crippen LogP contribution in [0.5, 0.6) is 0 Å². The van der Waals surface area contributed by atoms with E-state index in [-0.39, 0.29) is 0 Å². The van der Waals surface area contributed by atoms with Gasteiger partial charge in [0.05, 0.1) is 0 Å². The van der Waals surface area contributed by atoms with Gasteiger partial charge in [-0.15, -0.1) is 0 Å². The van der Waals surface area contributed by atoms with Crippen molar-refractivity contribution in [2.75, 3.05) is 30.4 Å². The molecule has 2 heteroatoms. The Morgan fingerprint density at radius 1 is 1.14 bits per heavy atom. The minimum atomic E-state index is 1.21. The van der Waals surface area contributed by atoms with E-state index in [1.165, 1.54) is 42.9 Å². The fourth-order valence-corrected chi connectivity index (χ4v) is 2.07. The first-order valence-corrected chi connectivity index (χ1v) is 5.34. The van der Waals surface area contributed by atoms with E-state index in [4.69, 9.17) is 0 Å². The van der Waals surface area contributed by atoms with Gasteiger partial charge in [-0.05, 0) is 43.5 Å². The maximum absolute atomic E-state index is 3.20. The van der Waals surface area contributed by atoms with Gasteiger partial charge in [0.2, 0.25) is 0 Å². The number of anilines is 2. The molecule has 0 amide bonds. The van der Waals surface area contributed by atoms with Gasteiger partial charge in [0.1, 0.15) is 0 Å². The van der Waals surface area contributed by atoms with Crippen molar-refractivity contribution in [2.45, 2.75) is 19.8 Å². The maximum Gasteiger partial charge on any atom is 0.0389 e. The Kier molecular flexibility index (Phi) is 2.62. The van der Waals surface area contributed by atoms with Crippen LogP contribution in [0.4, 0.5) is 11.4 Å².